The zero-order chi connectivity index (χ0) is 17.6. The van der Waals surface area contributed by atoms with Crippen molar-refractivity contribution in [2.45, 2.75) is 44.6 Å². The Balaban J connectivity index is 1.91. The molecule has 0 aromatic heterocycles. The Morgan fingerprint density at radius 3 is 2.46 bits per heavy atom. The first kappa shape index (κ1) is 18.7. The van der Waals surface area contributed by atoms with Gasteiger partial charge in [0.2, 0.25) is 0 Å². The summed E-state index contributed by atoms with van der Waals surface area (Å²) in [6.07, 6.45) is 3.14. The summed E-state index contributed by atoms with van der Waals surface area (Å²) >= 11 is 0. The molecule has 1 aromatic rings. The molecule has 1 atom stereocenters. The Morgan fingerprint density at radius 1 is 1.29 bits per heavy atom. The summed E-state index contributed by atoms with van der Waals surface area (Å²) in [6, 6.07) is 9.82. The van der Waals surface area contributed by atoms with E-state index in [1.54, 1.807) is 7.11 Å². The molecule has 0 bridgehead atoms. The Hall–Kier alpha value is -1.59. The first-order valence-corrected chi connectivity index (χ1v) is 8.65. The van der Waals surface area contributed by atoms with Crippen LogP contribution in [0, 0.1) is 5.41 Å². The first-order valence-electron chi connectivity index (χ1n) is 8.65. The maximum absolute atomic E-state index is 12.2. The lowest BCUT2D eigenvalue weighted by molar-refractivity contribution is -0.0674. The second-order valence-corrected chi connectivity index (χ2v) is 7.41. The third-order valence-electron chi connectivity index (χ3n) is 5.29. The van der Waals surface area contributed by atoms with Crippen LogP contribution in [-0.2, 0) is 4.74 Å². The predicted molar refractivity (Wildman–Crippen MR) is 95.0 cm³/mol. The van der Waals surface area contributed by atoms with Crippen molar-refractivity contribution < 1.29 is 14.6 Å². The molecule has 1 aromatic carbocycles. The van der Waals surface area contributed by atoms with Gasteiger partial charge in [0.25, 0.3) is 0 Å². The number of urea groups is 1. The average Bonchev–Trinajstić information content (AvgIpc) is 2.55. The molecule has 5 nitrogen and oxygen atoms in total. The van der Waals surface area contributed by atoms with Crippen molar-refractivity contribution in [2.75, 3.05) is 26.8 Å². The van der Waals surface area contributed by atoms with E-state index in [0.29, 0.717) is 13.1 Å². The van der Waals surface area contributed by atoms with Crippen LogP contribution in [0.2, 0.25) is 0 Å². The van der Waals surface area contributed by atoms with E-state index in [4.69, 9.17) is 4.74 Å². The molecule has 1 aliphatic rings. The van der Waals surface area contributed by atoms with Crippen molar-refractivity contribution in [1.29, 1.82) is 0 Å². The van der Waals surface area contributed by atoms with Gasteiger partial charge in [0.15, 0.2) is 0 Å². The number of carbonyl (C=O) groups is 1. The summed E-state index contributed by atoms with van der Waals surface area (Å²) in [7, 11) is 1.70. The highest BCUT2D eigenvalue weighted by atomic mass is 16.5. The molecule has 3 N–H and O–H groups in total. The summed E-state index contributed by atoms with van der Waals surface area (Å²) < 4.78 is 5.52. The van der Waals surface area contributed by atoms with E-state index in [9.17, 15) is 9.90 Å². The van der Waals surface area contributed by atoms with Gasteiger partial charge in [-0.05, 0) is 30.2 Å². The topological polar surface area (TPSA) is 70.6 Å². The van der Waals surface area contributed by atoms with E-state index >= 15 is 0 Å². The first-order chi connectivity index (χ1) is 11.4. The highest BCUT2D eigenvalue weighted by Crippen LogP contribution is 2.35. The zero-order valence-corrected chi connectivity index (χ0v) is 15.0. The van der Waals surface area contributed by atoms with Gasteiger partial charge in [-0.2, -0.15) is 0 Å². The number of aliphatic hydroxyl groups is 1. The normalized spacial score (nSPS) is 17.7. The molecule has 5 heteroatoms. The third-order valence-corrected chi connectivity index (χ3v) is 5.29. The number of methoxy groups -OCH3 is 1. The standard InChI is InChI=1S/C19H30N2O3/c1-18(2,14-22)16(15-8-5-4-6-9-15)12-20-17(23)21-13-19(24-3)10-7-11-19/h4-6,8-9,16,22H,7,10-14H2,1-3H3,(H2,20,21,23). The van der Waals surface area contributed by atoms with Crippen molar-refractivity contribution in [1.82, 2.24) is 10.6 Å². The van der Waals surface area contributed by atoms with Gasteiger partial charge in [0.1, 0.15) is 0 Å². The summed E-state index contributed by atoms with van der Waals surface area (Å²) in [6.45, 7) is 5.10. The van der Waals surface area contributed by atoms with Gasteiger partial charge in [0, 0.05) is 32.7 Å². The van der Waals surface area contributed by atoms with Crippen LogP contribution in [0.3, 0.4) is 0 Å². The molecular weight excluding hydrogens is 304 g/mol. The van der Waals surface area contributed by atoms with Crippen molar-refractivity contribution in [2.24, 2.45) is 5.41 Å². The largest absolute Gasteiger partial charge is 0.396 e. The van der Waals surface area contributed by atoms with Crippen LogP contribution in [-0.4, -0.2) is 43.5 Å². The third kappa shape index (κ3) is 4.48. The van der Waals surface area contributed by atoms with E-state index in [2.05, 4.69) is 10.6 Å². The number of benzene rings is 1. The van der Waals surface area contributed by atoms with Crippen LogP contribution < -0.4 is 10.6 Å². The van der Waals surface area contributed by atoms with Crippen LogP contribution in [0.4, 0.5) is 4.79 Å². The number of amides is 2. The smallest absolute Gasteiger partial charge is 0.314 e. The summed E-state index contributed by atoms with van der Waals surface area (Å²) in [5, 5.41) is 15.6. The number of rotatable bonds is 8. The van der Waals surface area contributed by atoms with Crippen LogP contribution in [0.15, 0.2) is 30.3 Å². The second kappa shape index (κ2) is 7.99. The Labute approximate surface area is 144 Å². The van der Waals surface area contributed by atoms with Crippen molar-refractivity contribution >= 4 is 6.03 Å². The number of nitrogens with one attached hydrogen (secondary N) is 2. The van der Waals surface area contributed by atoms with Gasteiger partial charge in [0.05, 0.1) is 5.60 Å². The highest BCUT2D eigenvalue weighted by Gasteiger charge is 2.37. The van der Waals surface area contributed by atoms with Gasteiger partial charge in [-0.3, -0.25) is 0 Å². The summed E-state index contributed by atoms with van der Waals surface area (Å²) in [4.78, 5) is 12.2. The van der Waals surface area contributed by atoms with E-state index in [1.807, 2.05) is 44.2 Å². The molecule has 2 amide bonds. The highest BCUT2D eigenvalue weighted by molar-refractivity contribution is 5.74. The molecular formula is C19H30N2O3. The van der Waals surface area contributed by atoms with Gasteiger partial charge >= 0.3 is 6.03 Å². The van der Waals surface area contributed by atoms with Gasteiger partial charge < -0.3 is 20.5 Å². The van der Waals surface area contributed by atoms with Crippen LogP contribution in [0.25, 0.3) is 0 Å². The SMILES string of the molecule is COC1(CNC(=O)NCC(c2ccccc2)C(C)(C)CO)CCC1. The number of ether oxygens (including phenoxy) is 1. The van der Waals surface area contributed by atoms with E-state index in [1.165, 1.54) is 0 Å². The Morgan fingerprint density at radius 2 is 1.96 bits per heavy atom. The van der Waals surface area contributed by atoms with Crippen molar-refractivity contribution in [3.63, 3.8) is 0 Å². The molecule has 1 aliphatic carbocycles. The average molecular weight is 334 g/mol. The van der Waals surface area contributed by atoms with Crippen molar-refractivity contribution in [3.8, 4) is 0 Å². The molecule has 0 spiro atoms. The maximum atomic E-state index is 12.2. The molecule has 0 saturated heterocycles. The molecule has 1 saturated carbocycles. The van der Waals surface area contributed by atoms with Gasteiger partial charge in [-0.25, -0.2) is 4.79 Å². The fourth-order valence-corrected chi connectivity index (χ4v) is 3.16. The molecule has 1 unspecified atom stereocenters. The van der Waals surface area contributed by atoms with E-state index in [0.717, 1.165) is 24.8 Å². The lowest BCUT2D eigenvalue weighted by atomic mass is 9.75. The second-order valence-electron chi connectivity index (χ2n) is 7.41. The minimum absolute atomic E-state index is 0.0366. The number of hydrogen-bond donors (Lipinski definition) is 3. The Kier molecular flexibility index (Phi) is 6.24. The quantitative estimate of drug-likeness (QED) is 0.684. The number of aliphatic hydroxyl groups excluding tert-OH is 1. The minimum atomic E-state index is -0.323. The van der Waals surface area contributed by atoms with E-state index in [-0.39, 0.29) is 29.6 Å². The van der Waals surface area contributed by atoms with Crippen LogP contribution in [0.1, 0.15) is 44.6 Å². The Bertz CT molecular complexity index is 521. The molecule has 134 valence electrons. The minimum Gasteiger partial charge on any atom is -0.396 e. The molecule has 24 heavy (non-hydrogen) atoms. The van der Waals surface area contributed by atoms with Crippen LogP contribution in [0.5, 0.6) is 0 Å². The molecule has 1 fully saturated rings. The van der Waals surface area contributed by atoms with Gasteiger partial charge in [-0.1, -0.05) is 44.2 Å². The van der Waals surface area contributed by atoms with Gasteiger partial charge in [-0.15, -0.1) is 0 Å². The monoisotopic (exact) mass is 334 g/mol. The maximum Gasteiger partial charge on any atom is 0.314 e. The fraction of sp³-hybridized carbons (Fsp3) is 0.632. The number of carbonyl (C=O) groups excluding carboxylic acids is 1. The lowest BCUT2D eigenvalue weighted by Gasteiger charge is -2.40. The molecule has 0 heterocycles. The van der Waals surface area contributed by atoms with E-state index < -0.39 is 0 Å². The van der Waals surface area contributed by atoms with Crippen LogP contribution >= 0.6 is 0 Å². The summed E-state index contributed by atoms with van der Waals surface area (Å²) in [5.74, 6) is 0.0366. The zero-order valence-electron chi connectivity index (χ0n) is 15.0. The molecule has 0 aliphatic heterocycles. The lowest BCUT2D eigenvalue weighted by Crippen LogP contribution is -2.52. The van der Waals surface area contributed by atoms with Crippen molar-refractivity contribution in [3.05, 3.63) is 35.9 Å². The summed E-state index contributed by atoms with van der Waals surface area (Å²) in [5.41, 5.74) is 0.612. The number of hydrogen-bond acceptors (Lipinski definition) is 3. The molecule has 2 rings (SSSR count). The fourth-order valence-electron chi connectivity index (χ4n) is 3.16. The molecule has 0 radical (unpaired) electrons. The predicted octanol–water partition coefficient (Wildman–Crippen LogP) is 2.66.